The van der Waals surface area contributed by atoms with Crippen LogP contribution < -0.4 is 15.8 Å². The van der Waals surface area contributed by atoms with Gasteiger partial charge in [-0.1, -0.05) is 65.1 Å². The van der Waals surface area contributed by atoms with Gasteiger partial charge in [0.15, 0.2) is 0 Å². The molecule has 0 heterocycles. The van der Waals surface area contributed by atoms with Crippen molar-refractivity contribution in [2.24, 2.45) is 0 Å². The molecular formula is C20H16Cl3N3O3S. The largest absolute Gasteiger partial charge is 0.396 e. The smallest absolute Gasteiger partial charge is 0.255 e. The Kier molecular flexibility index (Phi) is 6.90. The van der Waals surface area contributed by atoms with E-state index < -0.39 is 15.9 Å². The lowest BCUT2D eigenvalue weighted by atomic mass is 10.2. The minimum atomic E-state index is -3.96. The van der Waals surface area contributed by atoms with E-state index in [0.717, 1.165) is 5.56 Å². The highest BCUT2D eigenvalue weighted by atomic mass is 35.5. The Morgan fingerprint density at radius 3 is 2.17 bits per heavy atom. The topological polar surface area (TPSA) is 101 Å². The molecule has 0 radical (unpaired) electrons. The molecule has 0 aromatic heterocycles. The minimum absolute atomic E-state index is 0.00862. The van der Waals surface area contributed by atoms with E-state index in [0.29, 0.717) is 5.69 Å². The first-order valence-corrected chi connectivity index (χ1v) is 11.2. The molecule has 1 amide bonds. The van der Waals surface area contributed by atoms with Gasteiger partial charge in [0.1, 0.15) is 4.90 Å². The van der Waals surface area contributed by atoms with Gasteiger partial charge in [0.05, 0.1) is 20.8 Å². The van der Waals surface area contributed by atoms with Gasteiger partial charge in [0, 0.05) is 17.8 Å². The Hall–Kier alpha value is -2.29. The summed E-state index contributed by atoms with van der Waals surface area (Å²) in [6.45, 7) is 0.0817. The van der Waals surface area contributed by atoms with Crippen LogP contribution in [0.1, 0.15) is 15.9 Å². The van der Waals surface area contributed by atoms with Gasteiger partial charge in [-0.3, -0.25) is 4.79 Å². The van der Waals surface area contributed by atoms with Crippen LogP contribution in [0.2, 0.25) is 15.1 Å². The summed E-state index contributed by atoms with van der Waals surface area (Å²) in [5.74, 6) is -0.567. The van der Waals surface area contributed by atoms with E-state index in [4.69, 9.17) is 40.5 Å². The summed E-state index contributed by atoms with van der Waals surface area (Å²) >= 11 is 18.0. The third kappa shape index (κ3) is 5.24. The third-order valence-corrected chi connectivity index (χ3v) is 6.64. The van der Waals surface area contributed by atoms with E-state index in [-0.39, 0.29) is 37.8 Å². The van der Waals surface area contributed by atoms with Gasteiger partial charge in [0.2, 0.25) is 10.0 Å². The highest BCUT2D eigenvalue weighted by molar-refractivity contribution is 7.89. The standard InChI is InChI=1S/C20H16Cl3N3O3S/c21-15-7-6-13(20(27)26-14-9-16(22)19(24)17(23)10-14)8-18(15)30(28,29)25-11-12-4-2-1-3-5-12/h1-10,25H,11,24H2,(H,26,27). The number of nitrogens with one attached hydrogen (secondary N) is 2. The predicted molar refractivity (Wildman–Crippen MR) is 121 cm³/mol. The first-order valence-electron chi connectivity index (χ1n) is 8.56. The number of nitrogens with two attached hydrogens (primary N) is 1. The number of nitrogen functional groups attached to an aromatic ring is 1. The average Bonchev–Trinajstić information content (AvgIpc) is 2.71. The summed E-state index contributed by atoms with van der Waals surface area (Å²) in [5, 5.41) is 2.96. The molecule has 0 saturated heterocycles. The summed E-state index contributed by atoms with van der Waals surface area (Å²) in [5.41, 5.74) is 7.06. The van der Waals surface area contributed by atoms with Crippen molar-refractivity contribution in [1.29, 1.82) is 0 Å². The Labute approximate surface area is 189 Å². The van der Waals surface area contributed by atoms with Crippen LogP contribution in [0.3, 0.4) is 0 Å². The van der Waals surface area contributed by atoms with Crippen molar-refractivity contribution in [2.75, 3.05) is 11.1 Å². The first-order chi connectivity index (χ1) is 14.2. The molecule has 0 bridgehead atoms. The molecule has 3 aromatic carbocycles. The average molecular weight is 485 g/mol. The summed E-state index contributed by atoms with van der Waals surface area (Å²) in [4.78, 5) is 12.4. The van der Waals surface area contributed by atoms with Gasteiger partial charge < -0.3 is 11.1 Å². The second-order valence-electron chi connectivity index (χ2n) is 6.26. The first kappa shape index (κ1) is 22.4. The third-order valence-electron chi connectivity index (χ3n) is 4.13. The molecular weight excluding hydrogens is 469 g/mol. The second-order valence-corrected chi connectivity index (χ2v) is 9.22. The normalized spacial score (nSPS) is 11.3. The van der Waals surface area contributed by atoms with Crippen molar-refractivity contribution in [3.05, 3.63) is 86.9 Å². The summed E-state index contributed by atoms with van der Waals surface area (Å²) in [6, 6.07) is 15.8. The number of sulfonamides is 1. The van der Waals surface area contributed by atoms with Crippen molar-refractivity contribution in [2.45, 2.75) is 11.4 Å². The number of hydrogen-bond donors (Lipinski definition) is 3. The molecule has 4 N–H and O–H groups in total. The zero-order chi connectivity index (χ0) is 21.9. The molecule has 0 aliphatic rings. The molecule has 0 atom stereocenters. The van der Waals surface area contributed by atoms with Crippen molar-refractivity contribution in [3.8, 4) is 0 Å². The molecule has 30 heavy (non-hydrogen) atoms. The van der Waals surface area contributed by atoms with Crippen LogP contribution in [-0.4, -0.2) is 14.3 Å². The lowest BCUT2D eigenvalue weighted by Crippen LogP contribution is -2.24. The van der Waals surface area contributed by atoms with Gasteiger partial charge in [-0.15, -0.1) is 0 Å². The van der Waals surface area contributed by atoms with Crippen LogP contribution in [0.15, 0.2) is 65.6 Å². The molecule has 6 nitrogen and oxygen atoms in total. The SMILES string of the molecule is Nc1c(Cl)cc(NC(=O)c2ccc(Cl)c(S(=O)(=O)NCc3ccccc3)c2)cc1Cl. The predicted octanol–water partition coefficient (Wildman–Crippen LogP) is 4.96. The summed E-state index contributed by atoms with van der Waals surface area (Å²) in [6.07, 6.45) is 0. The fourth-order valence-corrected chi connectivity index (χ4v) is 4.59. The molecule has 0 saturated carbocycles. The Morgan fingerprint density at radius 2 is 1.53 bits per heavy atom. The van der Waals surface area contributed by atoms with E-state index in [2.05, 4.69) is 10.0 Å². The van der Waals surface area contributed by atoms with Crippen LogP contribution in [-0.2, 0) is 16.6 Å². The van der Waals surface area contributed by atoms with Gasteiger partial charge in [-0.2, -0.15) is 0 Å². The Bertz CT molecular complexity index is 1180. The molecule has 156 valence electrons. The second kappa shape index (κ2) is 9.24. The summed E-state index contributed by atoms with van der Waals surface area (Å²) < 4.78 is 27.9. The number of hydrogen-bond acceptors (Lipinski definition) is 4. The number of carbonyl (C=O) groups is 1. The van der Waals surface area contributed by atoms with Crippen molar-refractivity contribution in [3.63, 3.8) is 0 Å². The van der Waals surface area contributed by atoms with Crippen LogP contribution >= 0.6 is 34.8 Å². The number of halogens is 3. The van der Waals surface area contributed by atoms with Crippen molar-refractivity contribution in [1.82, 2.24) is 4.72 Å². The molecule has 3 aromatic rings. The van der Waals surface area contributed by atoms with Crippen LogP contribution in [0.25, 0.3) is 0 Å². The monoisotopic (exact) mass is 483 g/mol. The molecule has 3 rings (SSSR count). The maximum Gasteiger partial charge on any atom is 0.255 e. The maximum absolute atomic E-state index is 12.7. The van der Waals surface area contributed by atoms with E-state index in [1.165, 1.54) is 30.3 Å². The Morgan fingerprint density at radius 1 is 0.900 bits per heavy atom. The lowest BCUT2D eigenvalue weighted by molar-refractivity contribution is 0.102. The minimum Gasteiger partial charge on any atom is -0.396 e. The highest BCUT2D eigenvalue weighted by Gasteiger charge is 2.20. The highest BCUT2D eigenvalue weighted by Crippen LogP contribution is 2.31. The molecule has 10 heteroatoms. The van der Waals surface area contributed by atoms with E-state index in [1.54, 1.807) is 24.3 Å². The summed E-state index contributed by atoms with van der Waals surface area (Å²) in [7, 11) is -3.96. The number of benzene rings is 3. The van der Waals surface area contributed by atoms with Crippen LogP contribution in [0.5, 0.6) is 0 Å². The van der Waals surface area contributed by atoms with Gasteiger partial charge in [-0.25, -0.2) is 13.1 Å². The molecule has 0 spiro atoms. The van der Waals surface area contributed by atoms with Crippen molar-refractivity contribution >= 4 is 62.1 Å². The van der Waals surface area contributed by atoms with Crippen LogP contribution in [0.4, 0.5) is 11.4 Å². The Balaban J connectivity index is 1.82. The number of carbonyl (C=O) groups excluding carboxylic acids is 1. The fourth-order valence-electron chi connectivity index (χ4n) is 2.56. The molecule has 0 aliphatic heterocycles. The zero-order valence-corrected chi connectivity index (χ0v) is 18.4. The number of rotatable bonds is 6. The van der Waals surface area contributed by atoms with E-state index >= 15 is 0 Å². The van der Waals surface area contributed by atoms with Gasteiger partial charge in [0.25, 0.3) is 5.91 Å². The molecule has 0 aliphatic carbocycles. The molecule has 0 unspecified atom stereocenters. The van der Waals surface area contributed by atoms with Gasteiger partial charge >= 0.3 is 0 Å². The number of anilines is 2. The van der Waals surface area contributed by atoms with Crippen molar-refractivity contribution < 1.29 is 13.2 Å². The van der Waals surface area contributed by atoms with Crippen LogP contribution in [0, 0.1) is 0 Å². The fraction of sp³-hybridized carbons (Fsp3) is 0.0500. The van der Waals surface area contributed by atoms with Gasteiger partial charge in [-0.05, 0) is 35.9 Å². The van der Waals surface area contributed by atoms with E-state index in [1.807, 2.05) is 6.07 Å². The molecule has 0 fully saturated rings. The van der Waals surface area contributed by atoms with E-state index in [9.17, 15) is 13.2 Å². The lowest BCUT2D eigenvalue weighted by Gasteiger charge is -2.12. The maximum atomic E-state index is 12.7. The quantitative estimate of drug-likeness (QED) is 0.430. The zero-order valence-electron chi connectivity index (χ0n) is 15.3. The number of amides is 1.